The first-order valence-corrected chi connectivity index (χ1v) is 5.97. The van der Waals surface area contributed by atoms with Crippen LogP contribution in [0, 0.1) is 0 Å². The Labute approximate surface area is 103 Å². The van der Waals surface area contributed by atoms with Gasteiger partial charge < -0.3 is 10.1 Å². The first kappa shape index (κ1) is 11.6. The Hall–Kier alpha value is -1.88. The molecular weight excluding hydrogens is 236 g/mol. The topological polar surface area (TPSA) is 51.2 Å². The molecule has 4 nitrogen and oxygen atoms in total. The smallest absolute Gasteiger partial charge is 0.263 e. The minimum Gasteiger partial charge on any atom is -0.497 e. The molecule has 0 aliphatic heterocycles. The maximum atomic E-state index is 11.6. The van der Waals surface area contributed by atoms with Gasteiger partial charge in [-0.15, -0.1) is 11.3 Å². The summed E-state index contributed by atoms with van der Waals surface area (Å²) in [5.41, 5.74) is 2.67. The minimum absolute atomic E-state index is 0.0941. The van der Waals surface area contributed by atoms with E-state index in [4.69, 9.17) is 4.74 Å². The molecule has 0 bridgehead atoms. The number of thiazole rings is 1. The number of nitrogens with zero attached hydrogens (tertiary/aromatic N) is 1. The van der Waals surface area contributed by atoms with E-state index in [1.807, 2.05) is 24.3 Å². The van der Waals surface area contributed by atoms with E-state index < -0.39 is 0 Å². The second-order valence-corrected chi connectivity index (χ2v) is 4.28. The summed E-state index contributed by atoms with van der Waals surface area (Å²) in [7, 11) is 1.63. The van der Waals surface area contributed by atoms with Gasteiger partial charge in [-0.1, -0.05) is 12.1 Å². The molecule has 0 radical (unpaired) electrons. The molecule has 0 aliphatic carbocycles. The summed E-state index contributed by atoms with van der Waals surface area (Å²) in [5.74, 6) is 0.714. The number of nitrogens with one attached hydrogen (secondary N) is 1. The molecule has 0 saturated heterocycles. The summed E-state index contributed by atoms with van der Waals surface area (Å²) in [6, 6.07) is 7.58. The van der Waals surface area contributed by atoms with Crippen LogP contribution in [0.15, 0.2) is 36.0 Å². The predicted octanol–water partition coefficient (Wildman–Crippen LogP) is 2.08. The highest BCUT2D eigenvalue weighted by Gasteiger charge is 2.06. The summed E-state index contributed by atoms with van der Waals surface area (Å²) in [6.07, 6.45) is 1.56. The molecule has 88 valence electrons. The van der Waals surface area contributed by atoms with Gasteiger partial charge in [-0.25, -0.2) is 0 Å². The fourth-order valence-electron chi connectivity index (χ4n) is 1.34. The van der Waals surface area contributed by atoms with Crippen LogP contribution in [-0.2, 0) is 6.54 Å². The average Bonchev–Trinajstić information content (AvgIpc) is 2.90. The van der Waals surface area contributed by atoms with Crippen molar-refractivity contribution in [3.05, 3.63) is 46.4 Å². The van der Waals surface area contributed by atoms with Gasteiger partial charge in [-0.2, -0.15) is 0 Å². The molecule has 5 heteroatoms. The van der Waals surface area contributed by atoms with E-state index in [0.29, 0.717) is 11.4 Å². The van der Waals surface area contributed by atoms with Crippen molar-refractivity contribution in [1.29, 1.82) is 0 Å². The van der Waals surface area contributed by atoms with Crippen molar-refractivity contribution in [3.8, 4) is 5.75 Å². The van der Waals surface area contributed by atoms with E-state index >= 15 is 0 Å². The molecule has 0 saturated carbocycles. The van der Waals surface area contributed by atoms with E-state index in [1.165, 1.54) is 11.3 Å². The van der Waals surface area contributed by atoms with Crippen LogP contribution in [0.1, 0.15) is 15.2 Å². The third-order valence-corrected chi connectivity index (χ3v) is 3.04. The van der Waals surface area contributed by atoms with Gasteiger partial charge in [0.2, 0.25) is 0 Å². The maximum absolute atomic E-state index is 11.6. The highest BCUT2D eigenvalue weighted by Crippen LogP contribution is 2.11. The fourth-order valence-corrected chi connectivity index (χ4v) is 1.88. The summed E-state index contributed by atoms with van der Waals surface area (Å²) < 4.78 is 5.06. The summed E-state index contributed by atoms with van der Waals surface area (Å²) in [5, 5.41) is 2.83. The molecule has 2 rings (SSSR count). The molecule has 0 atom stereocenters. The van der Waals surface area contributed by atoms with Crippen LogP contribution in [0.3, 0.4) is 0 Å². The quantitative estimate of drug-likeness (QED) is 0.901. The number of rotatable bonds is 4. The van der Waals surface area contributed by atoms with Crippen LogP contribution in [0.4, 0.5) is 0 Å². The molecule has 1 amide bonds. The number of methoxy groups -OCH3 is 1. The van der Waals surface area contributed by atoms with Gasteiger partial charge in [0.15, 0.2) is 0 Å². The van der Waals surface area contributed by atoms with Gasteiger partial charge >= 0.3 is 0 Å². The molecule has 1 aromatic carbocycles. The van der Waals surface area contributed by atoms with E-state index in [9.17, 15) is 4.79 Å². The lowest BCUT2D eigenvalue weighted by molar-refractivity contribution is 0.0955. The van der Waals surface area contributed by atoms with Gasteiger partial charge in [0, 0.05) is 6.54 Å². The molecule has 0 fully saturated rings. The standard InChI is InChI=1S/C12H12N2O2S/c1-16-10-4-2-9(3-5-10)6-14-12(15)11-7-13-8-17-11/h2-5,7-8H,6H2,1H3,(H,14,15). The van der Waals surface area contributed by atoms with Crippen LogP contribution in [0.2, 0.25) is 0 Å². The van der Waals surface area contributed by atoms with Crippen molar-refractivity contribution in [3.63, 3.8) is 0 Å². The number of hydrogen-bond donors (Lipinski definition) is 1. The monoisotopic (exact) mass is 248 g/mol. The normalized spacial score (nSPS) is 9.94. The number of hydrogen-bond acceptors (Lipinski definition) is 4. The second kappa shape index (κ2) is 5.45. The van der Waals surface area contributed by atoms with Crippen molar-refractivity contribution in [2.45, 2.75) is 6.54 Å². The fraction of sp³-hybridized carbons (Fsp3) is 0.167. The zero-order valence-electron chi connectivity index (χ0n) is 9.34. The van der Waals surface area contributed by atoms with Crippen LogP contribution in [-0.4, -0.2) is 18.0 Å². The Morgan fingerprint density at radius 1 is 1.41 bits per heavy atom. The lowest BCUT2D eigenvalue weighted by atomic mass is 10.2. The zero-order chi connectivity index (χ0) is 12.1. The Bertz CT molecular complexity index is 480. The van der Waals surface area contributed by atoms with Gasteiger partial charge in [-0.3, -0.25) is 9.78 Å². The third kappa shape index (κ3) is 3.04. The van der Waals surface area contributed by atoms with Crippen molar-refractivity contribution >= 4 is 17.2 Å². The summed E-state index contributed by atoms with van der Waals surface area (Å²) >= 11 is 1.33. The number of ether oxygens (including phenoxy) is 1. The third-order valence-electron chi connectivity index (χ3n) is 2.27. The first-order valence-electron chi connectivity index (χ1n) is 5.09. The summed E-state index contributed by atoms with van der Waals surface area (Å²) in [6.45, 7) is 0.501. The summed E-state index contributed by atoms with van der Waals surface area (Å²) in [4.78, 5) is 16.1. The first-order chi connectivity index (χ1) is 8.29. The number of amides is 1. The molecule has 2 aromatic rings. The van der Waals surface area contributed by atoms with Crippen LogP contribution < -0.4 is 10.1 Å². The van der Waals surface area contributed by atoms with E-state index in [-0.39, 0.29) is 5.91 Å². The number of carbonyl (C=O) groups is 1. The van der Waals surface area contributed by atoms with Crippen LogP contribution >= 0.6 is 11.3 Å². The highest BCUT2D eigenvalue weighted by atomic mass is 32.1. The maximum Gasteiger partial charge on any atom is 0.263 e. The lowest BCUT2D eigenvalue weighted by Gasteiger charge is -2.04. The zero-order valence-corrected chi connectivity index (χ0v) is 10.2. The number of benzene rings is 1. The van der Waals surface area contributed by atoms with Crippen molar-refractivity contribution < 1.29 is 9.53 Å². The number of carbonyl (C=O) groups excluding carboxylic acids is 1. The van der Waals surface area contributed by atoms with Crippen molar-refractivity contribution in [2.75, 3.05) is 7.11 Å². The van der Waals surface area contributed by atoms with Gasteiger partial charge in [0.05, 0.1) is 18.8 Å². The van der Waals surface area contributed by atoms with Crippen LogP contribution in [0.5, 0.6) is 5.75 Å². The van der Waals surface area contributed by atoms with Gasteiger partial charge in [0.1, 0.15) is 10.6 Å². The second-order valence-electron chi connectivity index (χ2n) is 3.40. The molecule has 1 heterocycles. The molecule has 1 aromatic heterocycles. The van der Waals surface area contributed by atoms with Gasteiger partial charge in [-0.05, 0) is 17.7 Å². The molecular formula is C12H12N2O2S. The Morgan fingerprint density at radius 3 is 2.76 bits per heavy atom. The Morgan fingerprint density at radius 2 is 2.18 bits per heavy atom. The van der Waals surface area contributed by atoms with Gasteiger partial charge in [0.25, 0.3) is 5.91 Å². The lowest BCUT2D eigenvalue weighted by Crippen LogP contribution is -2.21. The van der Waals surface area contributed by atoms with E-state index in [2.05, 4.69) is 10.3 Å². The van der Waals surface area contributed by atoms with Crippen molar-refractivity contribution in [2.24, 2.45) is 0 Å². The van der Waals surface area contributed by atoms with E-state index in [1.54, 1.807) is 18.8 Å². The molecule has 0 unspecified atom stereocenters. The Kier molecular flexibility index (Phi) is 3.72. The molecule has 17 heavy (non-hydrogen) atoms. The van der Waals surface area contributed by atoms with Crippen molar-refractivity contribution in [1.82, 2.24) is 10.3 Å². The van der Waals surface area contributed by atoms with E-state index in [0.717, 1.165) is 11.3 Å². The average molecular weight is 248 g/mol. The molecule has 0 aliphatic rings. The number of aromatic nitrogens is 1. The molecule has 0 spiro atoms. The SMILES string of the molecule is COc1ccc(CNC(=O)c2cncs2)cc1. The molecule has 1 N–H and O–H groups in total. The predicted molar refractivity (Wildman–Crippen MR) is 66.3 cm³/mol. The Balaban J connectivity index is 1.91. The largest absolute Gasteiger partial charge is 0.497 e. The highest BCUT2D eigenvalue weighted by molar-refractivity contribution is 7.11. The minimum atomic E-state index is -0.0941. The van der Waals surface area contributed by atoms with Crippen LogP contribution in [0.25, 0.3) is 0 Å².